The van der Waals surface area contributed by atoms with Crippen molar-refractivity contribution >= 4 is 17.3 Å². The lowest BCUT2D eigenvalue weighted by Crippen LogP contribution is -2.09. The van der Waals surface area contributed by atoms with Crippen molar-refractivity contribution < 1.29 is 9.53 Å². The van der Waals surface area contributed by atoms with E-state index in [1.54, 1.807) is 12.3 Å². The molecule has 0 saturated carbocycles. The first kappa shape index (κ1) is 14.8. The van der Waals surface area contributed by atoms with Gasteiger partial charge in [-0.25, -0.2) is 14.8 Å². The maximum absolute atomic E-state index is 11.7. The number of benzene rings is 1. The third-order valence-corrected chi connectivity index (χ3v) is 3.10. The van der Waals surface area contributed by atoms with E-state index in [2.05, 4.69) is 15.3 Å². The zero-order valence-electron chi connectivity index (χ0n) is 12.3. The number of aromatic nitrogens is 2. The molecule has 0 unspecified atom stereocenters. The topological polar surface area (TPSA) is 90.1 Å². The maximum Gasteiger partial charge on any atom is 0.340 e. The second-order valence-corrected chi connectivity index (χ2v) is 4.69. The van der Waals surface area contributed by atoms with E-state index < -0.39 is 5.97 Å². The molecule has 0 saturated heterocycles. The molecule has 0 radical (unpaired) electrons. The molecule has 110 valence electrons. The van der Waals surface area contributed by atoms with Crippen molar-refractivity contribution in [2.45, 2.75) is 20.4 Å². The fourth-order valence-electron chi connectivity index (χ4n) is 1.98. The van der Waals surface area contributed by atoms with Gasteiger partial charge in [0.15, 0.2) is 0 Å². The van der Waals surface area contributed by atoms with E-state index >= 15 is 0 Å². The standard InChI is InChI=1S/C15H18N4O2/c1-9-6-12(7-13(14(9)16)15(20)21-3)18-8-11-4-5-17-10(2)19-11/h4-7,18H,8,16H2,1-3H3. The van der Waals surface area contributed by atoms with Crippen LogP contribution in [0.4, 0.5) is 11.4 Å². The van der Waals surface area contributed by atoms with E-state index in [0.717, 1.165) is 22.8 Å². The number of ether oxygens (including phenoxy) is 1. The summed E-state index contributed by atoms with van der Waals surface area (Å²) in [6.07, 6.45) is 1.72. The Labute approximate surface area is 123 Å². The van der Waals surface area contributed by atoms with Gasteiger partial charge in [0.25, 0.3) is 0 Å². The fourth-order valence-corrected chi connectivity index (χ4v) is 1.98. The van der Waals surface area contributed by atoms with Crippen molar-refractivity contribution in [2.75, 3.05) is 18.2 Å². The third kappa shape index (κ3) is 3.47. The molecule has 0 aliphatic carbocycles. The number of nitrogens with one attached hydrogen (secondary N) is 1. The normalized spacial score (nSPS) is 10.2. The molecule has 6 heteroatoms. The van der Waals surface area contributed by atoms with E-state index in [0.29, 0.717) is 17.8 Å². The van der Waals surface area contributed by atoms with Crippen molar-refractivity contribution in [1.82, 2.24) is 9.97 Å². The molecular weight excluding hydrogens is 268 g/mol. The van der Waals surface area contributed by atoms with Crippen LogP contribution >= 0.6 is 0 Å². The van der Waals surface area contributed by atoms with Gasteiger partial charge in [-0.1, -0.05) is 0 Å². The highest BCUT2D eigenvalue weighted by Crippen LogP contribution is 2.23. The van der Waals surface area contributed by atoms with E-state index in [1.807, 2.05) is 26.0 Å². The molecule has 1 heterocycles. The van der Waals surface area contributed by atoms with Crippen molar-refractivity contribution in [3.05, 3.63) is 47.0 Å². The quantitative estimate of drug-likeness (QED) is 0.660. The molecule has 1 aromatic heterocycles. The van der Waals surface area contributed by atoms with Crippen LogP contribution < -0.4 is 11.1 Å². The summed E-state index contributed by atoms with van der Waals surface area (Å²) < 4.78 is 4.74. The number of hydrogen-bond donors (Lipinski definition) is 2. The minimum absolute atomic E-state index is 0.360. The number of rotatable bonds is 4. The molecule has 0 spiro atoms. The first-order chi connectivity index (χ1) is 10.0. The van der Waals surface area contributed by atoms with Crippen LogP contribution in [0.2, 0.25) is 0 Å². The average Bonchev–Trinajstić information content (AvgIpc) is 2.47. The molecule has 21 heavy (non-hydrogen) atoms. The van der Waals surface area contributed by atoms with Crippen LogP contribution in [-0.4, -0.2) is 23.0 Å². The summed E-state index contributed by atoms with van der Waals surface area (Å²) >= 11 is 0. The molecular formula is C15H18N4O2. The molecule has 0 aliphatic rings. The second-order valence-electron chi connectivity index (χ2n) is 4.69. The Bertz CT molecular complexity index is 671. The molecule has 0 atom stereocenters. The number of nitrogens with two attached hydrogens (primary N) is 1. The van der Waals surface area contributed by atoms with Gasteiger partial charge in [0.1, 0.15) is 5.82 Å². The number of carbonyl (C=O) groups excluding carboxylic acids is 1. The predicted molar refractivity (Wildman–Crippen MR) is 81.0 cm³/mol. The van der Waals surface area contributed by atoms with Crippen LogP contribution in [0.15, 0.2) is 24.4 Å². The van der Waals surface area contributed by atoms with Crippen molar-refractivity contribution in [2.24, 2.45) is 0 Å². The molecule has 2 aromatic rings. The van der Waals surface area contributed by atoms with Crippen LogP contribution in [0.25, 0.3) is 0 Å². The molecule has 0 bridgehead atoms. The summed E-state index contributed by atoms with van der Waals surface area (Å²) in [5.41, 5.74) is 9.18. The molecule has 1 aromatic carbocycles. The Morgan fingerprint density at radius 2 is 2.14 bits per heavy atom. The average molecular weight is 286 g/mol. The lowest BCUT2D eigenvalue weighted by atomic mass is 10.1. The Hall–Kier alpha value is -2.63. The zero-order valence-corrected chi connectivity index (χ0v) is 12.3. The molecule has 3 N–H and O–H groups in total. The van der Waals surface area contributed by atoms with Crippen molar-refractivity contribution in [3.8, 4) is 0 Å². The molecule has 0 aliphatic heterocycles. The Kier molecular flexibility index (Phi) is 4.37. The summed E-state index contributed by atoms with van der Waals surface area (Å²) in [6.45, 7) is 4.22. The third-order valence-electron chi connectivity index (χ3n) is 3.10. The number of methoxy groups -OCH3 is 1. The molecule has 0 fully saturated rings. The van der Waals surface area contributed by atoms with Crippen LogP contribution in [0.5, 0.6) is 0 Å². The monoisotopic (exact) mass is 286 g/mol. The number of nitrogens with zero attached hydrogens (tertiary/aromatic N) is 2. The van der Waals surface area contributed by atoms with Gasteiger partial charge in [-0.2, -0.15) is 0 Å². The van der Waals surface area contributed by atoms with Gasteiger partial charge in [0.2, 0.25) is 0 Å². The minimum Gasteiger partial charge on any atom is -0.465 e. The maximum atomic E-state index is 11.7. The SMILES string of the molecule is COC(=O)c1cc(NCc2ccnc(C)n2)cc(C)c1N. The lowest BCUT2D eigenvalue weighted by Gasteiger charge is -2.12. The van der Waals surface area contributed by atoms with E-state index in [1.165, 1.54) is 7.11 Å². The van der Waals surface area contributed by atoms with Gasteiger partial charge >= 0.3 is 5.97 Å². The van der Waals surface area contributed by atoms with Crippen LogP contribution in [0, 0.1) is 13.8 Å². The Morgan fingerprint density at radius 3 is 2.81 bits per heavy atom. The summed E-state index contributed by atoms with van der Waals surface area (Å²) in [4.78, 5) is 20.1. The highest BCUT2D eigenvalue weighted by Gasteiger charge is 2.13. The van der Waals surface area contributed by atoms with Crippen LogP contribution in [-0.2, 0) is 11.3 Å². The summed E-state index contributed by atoms with van der Waals surface area (Å²) in [6, 6.07) is 5.41. The summed E-state index contributed by atoms with van der Waals surface area (Å²) in [5.74, 6) is 0.273. The Balaban J connectivity index is 2.21. The van der Waals surface area contributed by atoms with Crippen molar-refractivity contribution in [3.63, 3.8) is 0 Å². The minimum atomic E-state index is -0.447. The summed E-state index contributed by atoms with van der Waals surface area (Å²) in [5, 5.41) is 3.22. The lowest BCUT2D eigenvalue weighted by molar-refractivity contribution is 0.0602. The number of nitrogen functional groups attached to an aromatic ring is 1. The highest BCUT2D eigenvalue weighted by atomic mass is 16.5. The van der Waals surface area contributed by atoms with Gasteiger partial charge in [-0.15, -0.1) is 0 Å². The van der Waals surface area contributed by atoms with Crippen molar-refractivity contribution in [1.29, 1.82) is 0 Å². The first-order valence-corrected chi connectivity index (χ1v) is 6.52. The van der Waals surface area contributed by atoms with Gasteiger partial charge in [0.05, 0.1) is 24.9 Å². The molecule has 2 rings (SSSR count). The van der Waals surface area contributed by atoms with Gasteiger partial charge in [-0.3, -0.25) is 0 Å². The predicted octanol–water partition coefficient (Wildman–Crippen LogP) is 2.07. The number of esters is 1. The van der Waals surface area contributed by atoms with Crippen LogP contribution in [0.1, 0.15) is 27.4 Å². The number of aryl methyl sites for hydroxylation is 2. The van der Waals surface area contributed by atoms with Crippen LogP contribution in [0.3, 0.4) is 0 Å². The van der Waals surface area contributed by atoms with Gasteiger partial charge in [0, 0.05) is 17.6 Å². The largest absolute Gasteiger partial charge is 0.465 e. The van der Waals surface area contributed by atoms with Gasteiger partial charge in [-0.05, 0) is 37.6 Å². The zero-order chi connectivity index (χ0) is 15.4. The first-order valence-electron chi connectivity index (χ1n) is 6.52. The fraction of sp³-hybridized carbons (Fsp3) is 0.267. The number of hydrogen-bond acceptors (Lipinski definition) is 6. The number of carbonyl (C=O) groups is 1. The number of anilines is 2. The highest BCUT2D eigenvalue weighted by molar-refractivity contribution is 5.97. The second kappa shape index (κ2) is 6.21. The summed E-state index contributed by atoms with van der Waals surface area (Å²) in [7, 11) is 1.33. The Morgan fingerprint density at radius 1 is 1.38 bits per heavy atom. The molecule has 6 nitrogen and oxygen atoms in total. The smallest absolute Gasteiger partial charge is 0.340 e. The molecule has 0 amide bonds. The van der Waals surface area contributed by atoms with E-state index in [-0.39, 0.29) is 0 Å². The van der Waals surface area contributed by atoms with Gasteiger partial charge < -0.3 is 15.8 Å². The van der Waals surface area contributed by atoms with E-state index in [4.69, 9.17) is 10.5 Å². The van der Waals surface area contributed by atoms with E-state index in [9.17, 15) is 4.79 Å².